The molecule has 0 unspecified atom stereocenters. The maximum atomic E-state index is 12.0. The lowest BCUT2D eigenvalue weighted by Crippen LogP contribution is -2.33. The summed E-state index contributed by atoms with van der Waals surface area (Å²) in [6, 6.07) is 11.8. The number of hydrogen-bond acceptors (Lipinski definition) is 5. The fourth-order valence-electron chi connectivity index (χ4n) is 2.77. The first-order valence-corrected chi connectivity index (χ1v) is 10.4. The lowest BCUT2D eigenvalue weighted by molar-refractivity contribution is -0.119. The van der Waals surface area contributed by atoms with Gasteiger partial charge in [-0.1, -0.05) is 42.8 Å². The van der Waals surface area contributed by atoms with E-state index in [4.69, 9.17) is 0 Å². The Morgan fingerprint density at radius 2 is 1.96 bits per heavy atom. The van der Waals surface area contributed by atoms with Crippen molar-refractivity contribution in [2.24, 2.45) is 0 Å². The predicted octanol–water partition coefficient (Wildman–Crippen LogP) is 3.21. The molecule has 2 aromatic rings. The van der Waals surface area contributed by atoms with Crippen LogP contribution >= 0.6 is 23.5 Å². The smallest absolute Gasteiger partial charge is 0.251 e. The molecule has 1 heterocycles. The zero-order valence-corrected chi connectivity index (χ0v) is 15.5. The van der Waals surface area contributed by atoms with Crippen LogP contribution in [0.2, 0.25) is 0 Å². The number of H-pyrrole nitrogens is 1. The van der Waals surface area contributed by atoms with E-state index in [0.717, 1.165) is 23.4 Å². The molecule has 1 aromatic carbocycles. The van der Waals surface area contributed by atoms with E-state index < -0.39 is 0 Å². The quantitative estimate of drug-likeness (QED) is 0.574. The first kappa shape index (κ1) is 18.1. The summed E-state index contributed by atoms with van der Waals surface area (Å²) in [6.07, 6.45) is 4.51. The molecular weight excluding hydrogens is 354 g/mol. The number of aromatic nitrogens is 2. The number of carbonyl (C=O) groups is 1. The van der Waals surface area contributed by atoms with E-state index >= 15 is 0 Å². The Bertz CT molecular complexity index is 758. The van der Waals surface area contributed by atoms with Crippen LogP contribution < -0.4 is 10.9 Å². The largest absolute Gasteiger partial charge is 0.353 e. The molecule has 1 aliphatic carbocycles. The molecule has 1 fully saturated rings. The maximum Gasteiger partial charge on any atom is 0.251 e. The zero-order valence-electron chi connectivity index (χ0n) is 13.9. The van der Waals surface area contributed by atoms with Gasteiger partial charge in [-0.25, -0.2) is 4.98 Å². The lowest BCUT2D eigenvalue weighted by atomic mass is 10.2. The van der Waals surface area contributed by atoms with Gasteiger partial charge in [-0.05, 0) is 25.0 Å². The van der Waals surface area contributed by atoms with Crippen LogP contribution in [0.3, 0.4) is 0 Å². The Labute approximate surface area is 155 Å². The first-order valence-electron chi connectivity index (χ1n) is 8.39. The van der Waals surface area contributed by atoms with E-state index in [1.54, 1.807) is 11.8 Å². The third kappa shape index (κ3) is 5.93. The molecule has 1 aliphatic rings. The van der Waals surface area contributed by atoms with E-state index in [9.17, 15) is 9.59 Å². The summed E-state index contributed by atoms with van der Waals surface area (Å²) in [5.74, 6) is 0.897. The maximum absolute atomic E-state index is 12.0. The molecule has 2 N–H and O–H groups in total. The van der Waals surface area contributed by atoms with E-state index in [0.29, 0.717) is 17.0 Å². The molecule has 0 saturated heterocycles. The van der Waals surface area contributed by atoms with Gasteiger partial charge in [-0.15, -0.1) is 11.8 Å². The Balaban J connectivity index is 1.53. The summed E-state index contributed by atoms with van der Waals surface area (Å²) in [7, 11) is 0. The van der Waals surface area contributed by atoms with Crippen LogP contribution in [-0.2, 0) is 10.5 Å². The first-order chi connectivity index (χ1) is 12.2. The van der Waals surface area contributed by atoms with E-state index in [2.05, 4.69) is 15.3 Å². The average Bonchev–Trinajstić information content (AvgIpc) is 3.12. The highest BCUT2D eigenvalue weighted by molar-refractivity contribution is 7.99. The third-order valence-corrected chi connectivity index (χ3v) is 5.88. The molecule has 0 radical (unpaired) electrons. The summed E-state index contributed by atoms with van der Waals surface area (Å²) in [6.45, 7) is 0. The molecule has 25 heavy (non-hydrogen) atoms. The van der Waals surface area contributed by atoms with Gasteiger partial charge in [0.2, 0.25) is 5.91 Å². The summed E-state index contributed by atoms with van der Waals surface area (Å²) in [4.78, 5) is 32.1. The Kier molecular flexibility index (Phi) is 6.58. The number of amides is 1. The molecule has 1 saturated carbocycles. The van der Waals surface area contributed by atoms with Crippen molar-refractivity contribution in [3.8, 4) is 0 Å². The molecule has 0 spiro atoms. The van der Waals surface area contributed by atoms with Gasteiger partial charge in [0.15, 0.2) is 5.16 Å². The number of thioether (sulfide) groups is 2. The third-order valence-electron chi connectivity index (χ3n) is 3.96. The molecule has 132 valence electrons. The van der Waals surface area contributed by atoms with E-state index in [1.165, 1.54) is 30.7 Å². The van der Waals surface area contributed by atoms with Gasteiger partial charge < -0.3 is 10.3 Å². The monoisotopic (exact) mass is 375 g/mol. The van der Waals surface area contributed by atoms with Crippen LogP contribution in [-0.4, -0.2) is 27.7 Å². The standard InChI is InChI=1S/C18H21N3O2S2/c22-16-10-14(11-24-15-8-2-1-3-9-15)20-18(21-16)25-12-17(23)19-13-6-4-5-7-13/h1-3,8-10,13H,4-7,11-12H2,(H,19,23)(H,20,21,22). The van der Waals surface area contributed by atoms with Crippen LogP contribution in [0.25, 0.3) is 0 Å². The van der Waals surface area contributed by atoms with Gasteiger partial charge in [0, 0.05) is 22.8 Å². The van der Waals surface area contributed by atoms with Gasteiger partial charge in [-0.3, -0.25) is 9.59 Å². The van der Waals surface area contributed by atoms with Crippen LogP contribution in [0.5, 0.6) is 0 Å². The fraction of sp³-hybridized carbons (Fsp3) is 0.389. The highest BCUT2D eigenvalue weighted by Gasteiger charge is 2.17. The zero-order chi connectivity index (χ0) is 17.5. The van der Waals surface area contributed by atoms with Gasteiger partial charge in [0.1, 0.15) is 0 Å². The number of aromatic amines is 1. The van der Waals surface area contributed by atoms with Crippen molar-refractivity contribution in [2.75, 3.05) is 5.75 Å². The second kappa shape index (κ2) is 9.10. The topological polar surface area (TPSA) is 74.8 Å². The van der Waals surface area contributed by atoms with Crippen molar-refractivity contribution in [3.05, 3.63) is 52.4 Å². The summed E-state index contributed by atoms with van der Waals surface area (Å²) < 4.78 is 0. The second-order valence-electron chi connectivity index (χ2n) is 5.98. The van der Waals surface area contributed by atoms with Crippen LogP contribution in [0.15, 0.2) is 51.2 Å². The number of carbonyl (C=O) groups excluding carboxylic acids is 1. The van der Waals surface area contributed by atoms with Gasteiger partial charge >= 0.3 is 0 Å². The Morgan fingerprint density at radius 1 is 1.20 bits per heavy atom. The van der Waals surface area contributed by atoms with Crippen LogP contribution in [0, 0.1) is 0 Å². The van der Waals surface area contributed by atoms with Crippen LogP contribution in [0.4, 0.5) is 0 Å². The van der Waals surface area contributed by atoms with Crippen molar-refractivity contribution in [1.29, 1.82) is 0 Å². The molecule has 5 nitrogen and oxygen atoms in total. The second-order valence-corrected chi connectivity index (χ2v) is 7.99. The normalized spacial score (nSPS) is 14.6. The van der Waals surface area contributed by atoms with Crippen molar-refractivity contribution >= 4 is 29.4 Å². The number of benzene rings is 1. The van der Waals surface area contributed by atoms with Crippen molar-refractivity contribution in [2.45, 2.75) is 47.5 Å². The molecule has 0 bridgehead atoms. The lowest BCUT2D eigenvalue weighted by Gasteiger charge is -2.11. The van der Waals surface area contributed by atoms with Crippen molar-refractivity contribution in [3.63, 3.8) is 0 Å². The number of hydrogen-bond donors (Lipinski definition) is 2. The number of nitrogens with one attached hydrogen (secondary N) is 2. The van der Waals surface area contributed by atoms with E-state index in [-0.39, 0.29) is 17.2 Å². The van der Waals surface area contributed by atoms with Gasteiger partial charge in [0.05, 0.1) is 11.4 Å². The predicted molar refractivity (Wildman–Crippen MR) is 102 cm³/mol. The molecular formula is C18H21N3O2S2. The fourth-order valence-corrected chi connectivity index (χ4v) is 4.29. The molecule has 1 aromatic heterocycles. The Morgan fingerprint density at radius 3 is 2.72 bits per heavy atom. The highest BCUT2D eigenvalue weighted by Crippen LogP contribution is 2.22. The minimum Gasteiger partial charge on any atom is -0.353 e. The minimum absolute atomic E-state index is 0.00334. The Hall–Kier alpha value is -1.73. The van der Waals surface area contributed by atoms with E-state index in [1.807, 2.05) is 30.3 Å². The van der Waals surface area contributed by atoms with Crippen molar-refractivity contribution < 1.29 is 4.79 Å². The van der Waals surface area contributed by atoms with Crippen LogP contribution in [0.1, 0.15) is 31.4 Å². The minimum atomic E-state index is -0.183. The number of rotatable bonds is 7. The summed E-state index contributed by atoms with van der Waals surface area (Å²) in [5.41, 5.74) is 0.536. The SMILES string of the molecule is O=C(CSc1nc(CSc2ccccc2)cc(=O)[nH]1)NC1CCCC1. The van der Waals surface area contributed by atoms with Crippen molar-refractivity contribution in [1.82, 2.24) is 15.3 Å². The van der Waals surface area contributed by atoms with Gasteiger partial charge in [0.25, 0.3) is 5.56 Å². The molecule has 7 heteroatoms. The molecule has 0 atom stereocenters. The average molecular weight is 376 g/mol. The molecule has 0 aliphatic heterocycles. The van der Waals surface area contributed by atoms with Gasteiger partial charge in [-0.2, -0.15) is 0 Å². The molecule has 1 amide bonds. The summed E-state index contributed by atoms with van der Waals surface area (Å²) >= 11 is 2.91. The summed E-state index contributed by atoms with van der Waals surface area (Å²) in [5, 5.41) is 3.54. The number of nitrogens with zero attached hydrogens (tertiary/aromatic N) is 1. The molecule has 3 rings (SSSR count). The highest BCUT2D eigenvalue weighted by atomic mass is 32.2.